The fourth-order valence-corrected chi connectivity index (χ4v) is 3.06. The summed E-state index contributed by atoms with van der Waals surface area (Å²) < 4.78 is 0. The van der Waals surface area contributed by atoms with Crippen LogP contribution in [0.1, 0.15) is 58.8 Å². The first kappa shape index (κ1) is 15.9. The monoisotopic (exact) mass is 286 g/mol. The van der Waals surface area contributed by atoms with E-state index in [-0.39, 0.29) is 0 Å². The van der Waals surface area contributed by atoms with E-state index >= 15 is 0 Å². The third-order valence-corrected chi connectivity index (χ3v) is 4.24. The largest absolute Gasteiger partial charge is 0.356 e. The van der Waals surface area contributed by atoms with Crippen LogP contribution in [0.25, 0.3) is 0 Å². The highest BCUT2D eigenvalue weighted by Crippen LogP contribution is 2.27. The lowest BCUT2D eigenvalue weighted by Crippen LogP contribution is -2.39. The van der Waals surface area contributed by atoms with Crippen molar-refractivity contribution >= 4 is 5.69 Å². The summed E-state index contributed by atoms with van der Waals surface area (Å²) in [5.74, 6) is 0. The second kappa shape index (κ2) is 8.76. The molecule has 21 heavy (non-hydrogen) atoms. The van der Waals surface area contributed by atoms with E-state index in [2.05, 4.69) is 66.4 Å². The smallest absolute Gasteiger partial charge is 0.105 e. The van der Waals surface area contributed by atoms with Gasteiger partial charge in [-0.3, -0.25) is 0 Å². The minimum absolute atomic E-state index is 0.503. The van der Waals surface area contributed by atoms with Gasteiger partial charge in [-0.1, -0.05) is 64.2 Å². The van der Waals surface area contributed by atoms with Gasteiger partial charge in [-0.2, -0.15) is 0 Å². The fourth-order valence-electron chi connectivity index (χ4n) is 3.06. The van der Waals surface area contributed by atoms with Gasteiger partial charge in [-0.25, -0.2) is 0 Å². The molecule has 0 fully saturated rings. The number of nitrogens with zero attached hydrogens (tertiary/aromatic N) is 2. The Morgan fingerprint density at radius 2 is 1.62 bits per heavy atom. The van der Waals surface area contributed by atoms with Crippen molar-refractivity contribution < 1.29 is 0 Å². The molecule has 1 aliphatic rings. The highest BCUT2D eigenvalue weighted by Gasteiger charge is 2.25. The van der Waals surface area contributed by atoms with Crippen LogP contribution < -0.4 is 4.90 Å². The van der Waals surface area contributed by atoms with Crippen LogP contribution in [0.4, 0.5) is 5.69 Å². The molecular formula is C19H30N2. The van der Waals surface area contributed by atoms with E-state index < -0.39 is 0 Å². The van der Waals surface area contributed by atoms with Gasteiger partial charge in [0.25, 0.3) is 0 Å². The number of rotatable bonds is 9. The molecule has 0 saturated carbocycles. The first-order valence-corrected chi connectivity index (χ1v) is 8.64. The standard InChI is InChI=1S/C19H30N2/c1-3-5-6-7-11-15-20-16-17-21(19(20)12-4-2)18-13-9-8-10-14-18/h8-10,13-14,16-17,19H,3-7,11-12,15H2,1-2H3. The molecule has 0 bridgehead atoms. The van der Waals surface area contributed by atoms with E-state index in [1.165, 1.54) is 57.2 Å². The first-order chi connectivity index (χ1) is 10.4. The maximum absolute atomic E-state index is 2.53. The molecule has 2 rings (SSSR count). The zero-order valence-electron chi connectivity index (χ0n) is 13.7. The number of para-hydroxylation sites is 1. The maximum atomic E-state index is 2.53. The first-order valence-electron chi connectivity index (χ1n) is 8.64. The van der Waals surface area contributed by atoms with Crippen LogP contribution in [0.3, 0.4) is 0 Å². The molecule has 0 saturated heterocycles. The molecule has 0 spiro atoms. The van der Waals surface area contributed by atoms with Crippen LogP contribution in [-0.4, -0.2) is 17.6 Å². The molecule has 0 radical (unpaired) electrons. The Morgan fingerprint density at radius 1 is 0.857 bits per heavy atom. The lowest BCUT2D eigenvalue weighted by atomic mass is 10.1. The maximum Gasteiger partial charge on any atom is 0.105 e. The Bertz CT molecular complexity index is 413. The van der Waals surface area contributed by atoms with Crippen LogP contribution in [0.15, 0.2) is 42.7 Å². The average molecular weight is 286 g/mol. The van der Waals surface area contributed by atoms with E-state index in [9.17, 15) is 0 Å². The highest BCUT2D eigenvalue weighted by molar-refractivity contribution is 5.51. The molecule has 0 aromatic heterocycles. The summed E-state index contributed by atoms with van der Waals surface area (Å²) in [5.41, 5.74) is 1.31. The number of hydrogen-bond donors (Lipinski definition) is 0. The Balaban J connectivity index is 1.89. The summed E-state index contributed by atoms with van der Waals surface area (Å²) >= 11 is 0. The van der Waals surface area contributed by atoms with Gasteiger partial charge in [0.1, 0.15) is 6.17 Å². The van der Waals surface area contributed by atoms with Crippen LogP contribution >= 0.6 is 0 Å². The van der Waals surface area contributed by atoms with Crippen molar-refractivity contribution in [2.24, 2.45) is 0 Å². The topological polar surface area (TPSA) is 6.48 Å². The number of unbranched alkanes of at least 4 members (excludes halogenated alkanes) is 4. The number of hydrogen-bond acceptors (Lipinski definition) is 2. The minimum atomic E-state index is 0.503. The van der Waals surface area contributed by atoms with Crippen molar-refractivity contribution in [3.8, 4) is 0 Å². The molecule has 0 N–H and O–H groups in total. The van der Waals surface area contributed by atoms with Gasteiger partial charge in [0.15, 0.2) is 0 Å². The summed E-state index contributed by atoms with van der Waals surface area (Å²) in [5, 5.41) is 0. The zero-order valence-corrected chi connectivity index (χ0v) is 13.7. The third-order valence-electron chi connectivity index (χ3n) is 4.24. The molecule has 0 aliphatic carbocycles. The second-order valence-electron chi connectivity index (χ2n) is 5.96. The van der Waals surface area contributed by atoms with Gasteiger partial charge in [-0.05, 0) is 25.0 Å². The molecule has 2 nitrogen and oxygen atoms in total. The molecular weight excluding hydrogens is 256 g/mol. The number of benzene rings is 1. The Morgan fingerprint density at radius 3 is 2.33 bits per heavy atom. The molecule has 1 aromatic carbocycles. The summed E-state index contributed by atoms with van der Waals surface area (Å²) in [6.45, 7) is 5.74. The van der Waals surface area contributed by atoms with Crippen molar-refractivity contribution in [3.05, 3.63) is 42.7 Å². The van der Waals surface area contributed by atoms with Crippen LogP contribution in [0, 0.1) is 0 Å². The summed E-state index contributed by atoms with van der Waals surface area (Å²) in [6.07, 6.45) is 14.2. The van der Waals surface area contributed by atoms with Crippen molar-refractivity contribution in [2.75, 3.05) is 11.4 Å². The molecule has 0 amide bonds. The molecule has 1 heterocycles. The Hall–Kier alpha value is -1.44. The predicted octanol–water partition coefficient (Wildman–Crippen LogP) is 5.38. The second-order valence-corrected chi connectivity index (χ2v) is 5.96. The molecule has 1 aliphatic heterocycles. The molecule has 1 unspecified atom stereocenters. The van der Waals surface area contributed by atoms with Crippen molar-refractivity contribution in [3.63, 3.8) is 0 Å². The lowest BCUT2D eigenvalue weighted by Gasteiger charge is -2.32. The minimum Gasteiger partial charge on any atom is -0.356 e. The lowest BCUT2D eigenvalue weighted by molar-refractivity contribution is 0.277. The van der Waals surface area contributed by atoms with Crippen LogP contribution in [0.2, 0.25) is 0 Å². The van der Waals surface area contributed by atoms with Gasteiger partial charge in [-0.15, -0.1) is 0 Å². The highest BCUT2D eigenvalue weighted by atomic mass is 15.4. The van der Waals surface area contributed by atoms with Gasteiger partial charge in [0.2, 0.25) is 0 Å². The Labute approximate surface area is 130 Å². The third kappa shape index (κ3) is 4.52. The average Bonchev–Trinajstić information content (AvgIpc) is 2.91. The SMILES string of the molecule is CCCCCCCN1C=CN(c2ccccc2)C1CCC. The van der Waals surface area contributed by atoms with Gasteiger partial charge >= 0.3 is 0 Å². The van der Waals surface area contributed by atoms with Gasteiger partial charge in [0, 0.05) is 24.6 Å². The van der Waals surface area contributed by atoms with E-state index in [4.69, 9.17) is 0 Å². The molecule has 116 valence electrons. The quantitative estimate of drug-likeness (QED) is 0.563. The normalized spacial score (nSPS) is 17.7. The molecule has 1 atom stereocenters. The number of anilines is 1. The zero-order chi connectivity index (χ0) is 14.9. The van der Waals surface area contributed by atoms with Crippen molar-refractivity contribution in [1.82, 2.24) is 4.90 Å². The molecule has 1 aromatic rings. The summed E-state index contributed by atoms with van der Waals surface area (Å²) in [6, 6.07) is 10.7. The summed E-state index contributed by atoms with van der Waals surface area (Å²) in [7, 11) is 0. The summed E-state index contributed by atoms with van der Waals surface area (Å²) in [4.78, 5) is 4.96. The Kier molecular flexibility index (Phi) is 6.65. The molecule has 2 heteroatoms. The van der Waals surface area contributed by atoms with Crippen LogP contribution in [-0.2, 0) is 0 Å². The van der Waals surface area contributed by atoms with E-state index in [0.29, 0.717) is 6.17 Å². The van der Waals surface area contributed by atoms with Crippen molar-refractivity contribution in [1.29, 1.82) is 0 Å². The van der Waals surface area contributed by atoms with Crippen LogP contribution in [0.5, 0.6) is 0 Å². The fraction of sp³-hybridized carbons (Fsp3) is 0.579. The predicted molar refractivity (Wildman–Crippen MR) is 92.2 cm³/mol. The van der Waals surface area contributed by atoms with Gasteiger partial charge in [0.05, 0.1) is 0 Å². The van der Waals surface area contributed by atoms with Gasteiger partial charge < -0.3 is 9.80 Å². The van der Waals surface area contributed by atoms with Crippen molar-refractivity contribution in [2.45, 2.75) is 65.0 Å². The van der Waals surface area contributed by atoms with E-state index in [1.54, 1.807) is 0 Å². The van der Waals surface area contributed by atoms with E-state index in [1.807, 2.05) is 0 Å². The van der Waals surface area contributed by atoms with E-state index in [0.717, 1.165) is 0 Å².